The number of aliphatic hydroxyl groups is 4. The molecule has 0 saturated carbocycles. The van der Waals surface area contributed by atoms with Crippen molar-refractivity contribution in [3.63, 3.8) is 0 Å². The molecule has 0 bridgehead atoms. The first kappa shape index (κ1) is 34.9. The molecule has 1 aromatic heterocycles. The monoisotopic (exact) mass is 677 g/mol. The van der Waals surface area contributed by atoms with Crippen LogP contribution in [0.4, 0.5) is 5.82 Å². The van der Waals surface area contributed by atoms with Crippen molar-refractivity contribution in [3.8, 4) is 0 Å². The summed E-state index contributed by atoms with van der Waals surface area (Å²) in [5.74, 6) is -0.212. The van der Waals surface area contributed by atoms with Gasteiger partial charge in [-0.3, -0.25) is 29.0 Å². The zero-order valence-corrected chi connectivity index (χ0v) is 24.2. The fraction of sp³-hybridized carbons (Fsp3) is 0.737. The highest BCUT2D eigenvalue weighted by atomic mass is 31.2. The highest BCUT2D eigenvalue weighted by molar-refractivity contribution is 7.46. The van der Waals surface area contributed by atoms with Gasteiger partial charge in [0.15, 0.2) is 6.23 Å². The fourth-order valence-corrected chi connectivity index (χ4v) is 5.56. The molecule has 0 aromatic carbocycles. The summed E-state index contributed by atoms with van der Waals surface area (Å²) >= 11 is 0. The number of nitrogens with zero attached hydrogens (tertiary/aromatic N) is 3. The Labute approximate surface area is 247 Å². The number of aliphatic hydroxyl groups excluding tert-OH is 4. The van der Waals surface area contributed by atoms with Gasteiger partial charge in [0.25, 0.3) is 0 Å². The number of hydrogen-bond donors (Lipinski definition) is 12. The maximum absolute atomic E-state index is 11.8. The lowest BCUT2D eigenvalue weighted by molar-refractivity contribution is -0.130. The molecule has 250 valence electrons. The lowest BCUT2D eigenvalue weighted by atomic mass is 10.1. The number of anilines is 1. The second kappa shape index (κ2) is 13.8. The molecule has 4 aliphatic rings. The molecular weight excluding hydrogens is 644 g/mol. The van der Waals surface area contributed by atoms with Crippen LogP contribution in [0.3, 0.4) is 0 Å². The van der Waals surface area contributed by atoms with Gasteiger partial charge < -0.3 is 60.5 Å². The smallest absolute Gasteiger partial charge is 0.387 e. The summed E-state index contributed by atoms with van der Waals surface area (Å²) in [6.45, 7) is -0.733. The molecule has 4 fully saturated rings. The quantitative estimate of drug-likeness (QED) is 0.114. The summed E-state index contributed by atoms with van der Waals surface area (Å²) in [5, 5.41) is 48.4. The van der Waals surface area contributed by atoms with E-state index >= 15 is 0 Å². The Hall–Kier alpha value is -1.99. The molecule has 44 heavy (non-hydrogen) atoms. The summed E-state index contributed by atoms with van der Waals surface area (Å²) in [7, 11) is -9.45. The number of nitrogen functional groups attached to an aromatic ring is 1. The Balaban J connectivity index is 0.000000202. The van der Waals surface area contributed by atoms with Crippen molar-refractivity contribution in [2.45, 2.75) is 61.3 Å². The molecule has 5 heterocycles. The van der Waals surface area contributed by atoms with Gasteiger partial charge in [-0.2, -0.15) is 4.98 Å². The zero-order chi connectivity index (χ0) is 32.6. The van der Waals surface area contributed by atoms with Crippen LogP contribution in [0.15, 0.2) is 17.1 Å². The minimum Gasteiger partial charge on any atom is -0.387 e. The molecule has 25 heteroatoms. The van der Waals surface area contributed by atoms with Crippen molar-refractivity contribution >= 4 is 27.4 Å². The van der Waals surface area contributed by atoms with Crippen LogP contribution in [-0.4, -0.2) is 142 Å². The van der Waals surface area contributed by atoms with E-state index in [2.05, 4.69) is 30.0 Å². The van der Waals surface area contributed by atoms with Gasteiger partial charge in [0, 0.05) is 6.20 Å². The third-order valence-corrected chi connectivity index (χ3v) is 7.93. The number of fused-ring (bicyclic) bond motifs is 1. The molecule has 0 aliphatic carbocycles. The standard InChI is InChI=1S/C10H19N4O8P.C9H14N3O8P/c15-6-4(1-21-23(18,19)20)22-10(7(6)16)14-3-13-5-8(14)11-2-12-9(5)17;10-5-1-2-12(9(15)11-5)8-7(14)6(13)4(20-8)3-19-21(16,17)18/h4-8,10-11,13,15-16H,1-3H2,(H,12,17)(H2,18,19,20);1-2,4,6-8,13-14H,3H2,(H2,10,11,15)(H2,16,17,18)/t4-,5?,6-,7-,8?,10-;4-,6-,7-,8-/m11/s1. The van der Waals surface area contributed by atoms with Crippen molar-refractivity contribution in [2.24, 2.45) is 0 Å². The van der Waals surface area contributed by atoms with Crippen molar-refractivity contribution < 1.29 is 72.4 Å². The Morgan fingerprint density at radius 3 is 2.00 bits per heavy atom. The van der Waals surface area contributed by atoms with E-state index in [4.69, 9.17) is 34.8 Å². The number of amides is 1. The molecule has 1 amide bonds. The first-order valence-electron chi connectivity index (χ1n) is 12.7. The van der Waals surface area contributed by atoms with Crippen LogP contribution >= 0.6 is 15.6 Å². The number of phosphoric ester groups is 2. The number of nitrogens with one attached hydrogen (secondary N) is 3. The van der Waals surface area contributed by atoms with E-state index in [9.17, 15) is 39.1 Å². The second-order valence-corrected chi connectivity index (χ2v) is 12.4. The van der Waals surface area contributed by atoms with Crippen LogP contribution in [0.2, 0.25) is 0 Å². The van der Waals surface area contributed by atoms with E-state index in [0.717, 1.165) is 4.57 Å². The minimum atomic E-state index is -4.74. The third-order valence-electron chi connectivity index (χ3n) is 6.96. The number of nitrogens with two attached hydrogens (primary N) is 1. The molecule has 23 nitrogen and oxygen atoms in total. The minimum absolute atomic E-state index is 0.0225. The van der Waals surface area contributed by atoms with Crippen molar-refractivity contribution in [1.82, 2.24) is 30.4 Å². The lowest BCUT2D eigenvalue weighted by Gasteiger charge is -2.35. The highest BCUT2D eigenvalue weighted by Gasteiger charge is 2.52. The molecule has 4 saturated heterocycles. The van der Waals surface area contributed by atoms with Crippen LogP contribution in [0, 0.1) is 0 Å². The molecule has 0 radical (unpaired) electrons. The van der Waals surface area contributed by atoms with Crippen LogP contribution in [0.1, 0.15) is 6.23 Å². The van der Waals surface area contributed by atoms with Crippen molar-refractivity contribution in [3.05, 3.63) is 22.7 Å². The SMILES string of the molecule is Nc1ccn([C@@H]2O[C@H](COP(=O)(O)O)[C@@H](O)[C@H]2O)c(=O)n1.O=C1NCNC2C1NCN2[C@@H]1O[C@H](COP(=O)(O)O)[C@@H](O)[C@H]1O. The van der Waals surface area contributed by atoms with Crippen LogP contribution < -0.4 is 27.4 Å². The molecule has 5 rings (SSSR count). The topological polar surface area (TPSA) is 350 Å². The van der Waals surface area contributed by atoms with Gasteiger partial charge in [0.1, 0.15) is 54.7 Å². The van der Waals surface area contributed by atoms with Crippen molar-refractivity contribution in [1.29, 1.82) is 0 Å². The van der Waals surface area contributed by atoms with E-state index < -0.39 is 95.8 Å². The van der Waals surface area contributed by atoms with Gasteiger partial charge in [-0.15, -0.1) is 0 Å². The molecule has 13 N–H and O–H groups in total. The van der Waals surface area contributed by atoms with Crippen LogP contribution in [0.5, 0.6) is 0 Å². The predicted octanol–water partition coefficient (Wildman–Crippen LogP) is -6.67. The van der Waals surface area contributed by atoms with E-state index in [1.807, 2.05) is 0 Å². The first-order valence-corrected chi connectivity index (χ1v) is 15.8. The number of phosphoric acid groups is 2. The first-order chi connectivity index (χ1) is 20.5. The zero-order valence-electron chi connectivity index (χ0n) is 22.4. The van der Waals surface area contributed by atoms with Gasteiger partial charge in [-0.1, -0.05) is 0 Å². The number of carbonyl (C=O) groups is 1. The van der Waals surface area contributed by atoms with Gasteiger partial charge in [-0.25, -0.2) is 18.8 Å². The predicted molar refractivity (Wildman–Crippen MR) is 139 cm³/mol. The number of rotatable bonds is 8. The van der Waals surface area contributed by atoms with Crippen LogP contribution in [-0.2, 0) is 32.4 Å². The second-order valence-electron chi connectivity index (χ2n) is 9.93. The maximum Gasteiger partial charge on any atom is 0.469 e. The average molecular weight is 677 g/mol. The Morgan fingerprint density at radius 2 is 1.45 bits per heavy atom. The molecule has 0 spiro atoms. The van der Waals surface area contributed by atoms with Gasteiger partial charge in [-0.05, 0) is 6.07 Å². The average Bonchev–Trinajstić information content (AvgIpc) is 3.57. The molecular formula is C19H33N7O16P2. The summed E-state index contributed by atoms with van der Waals surface area (Å²) < 4.78 is 41.5. The molecule has 4 aliphatic heterocycles. The number of carbonyl (C=O) groups excluding carboxylic acids is 1. The lowest BCUT2D eigenvalue weighted by Crippen LogP contribution is -2.64. The van der Waals surface area contributed by atoms with E-state index in [1.165, 1.54) is 12.3 Å². The molecule has 2 unspecified atom stereocenters. The Kier molecular flexibility index (Phi) is 10.9. The normalized spacial score (nSPS) is 36.0. The fourth-order valence-electron chi connectivity index (χ4n) is 4.88. The summed E-state index contributed by atoms with van der Waals surface area (Å²) in [6, 6.07) is 0.769. The molecule has 10 atom stereocenters. The number of ether oxygens (including phenoxy) is 2. The van der Waals surface area contributed by atoms with E-state index in [0.29, 0.717) is 0 Å². The Morgan fingerprint density at radius 1 is 0.909 bits per heavy atom. The van der Waals surface area contributed by atoms with Gasteiger partial charge in [0.05, 0.1) is 32.7 Å². The maximum atomic E-state index is 11.8. The largest absolute Gasteiger partial charge is 0.469 e. The summed E-state index contributed by atoms with van der Waals surface area (Å²) in [5.41, 5.74) is 4.52. The van der Waals surface area contributed by atoms with E-state index in [1.54, 1.807) is 4.90 Å². The van der Waals surface area contributed by atoms with Gasteiger partial charge in [0.2, 0.25) is 5.91 Å². The summed E-state index contributed by atoms with van der Waals surface area (Å²) in [4.78, 5) is 63.1. The number of hydrogen-bond acceptors (Lipinski definition) is 17. The third kappa shape index (κ3) is 8.23. The Bertz CT molecular complexity index is 1330. The van der Waals surface area contributed by atoms with Gasteiger partial charge >= 0.3 is 21.3 Å². The van der Waals surface area contributed by atoms with Crippen LogP contribution in [0.25, 0.3) is 0 Å². The molecule has 1 aromatic rings. The number of aromatic nitrogens is 2. The van der Waals surface area contributed by atoms with Crippen molar-refractivity contribution in [2.75, 3.05) is 32.3 Å². The van der Waals surface area contributed by atoms with E-state index in [-0.39, 0.29) is 25.1 Å². The highest BCUT2D eigenvalue weighted by Crippen LogP contribution is 2.39. The summed E-state index contributed by atoms with van der Waals surface area (Å²) in [6.07, 6.45) is -9.43.